The van der Waals surface area contributed by atoms with E-state index in [1.54, 1.807) is 0 Å². The number of benzene rings is 1. The number of anilines is 2. The molecule has 3 fully saturated rings. The Morgan fingerprint density at radius 3 is 2.28 bits per heavy atom. The van der Waals surface area contributed by atoms with Crippen LogP contribution >= 0.6 is 0 Å². The maximum absolute atomic E-state index is 13.3. The lowest BCUT2D eigenvalue weighted by Gasteiger charge is -2.37. The molecule has 0 spiro atoms. The highest BCUT2D eigenvalue weighted by molar-refractivity contribution is 5.97. The Kier molecular flexibility index (Phi) is 5.58. The topological polar surface area (TPSA) is 49.4 Å². The summed E-state index contributed by atoms with van der Waals surface area (Å²) in [5.74, 6) is -0.435. The Morgan fingerprint density at radius 1 is 1.00 bits per heavy atom. The van der Waals surface area contributed by atoms with Gasteiger partial charge in [-0.15, -0.1) is 0 Å². The first-order chi connectivity index (χ1) is 13.8. The summed E-state index contributed by atoms with van der Waals surface area (Å²) in [5, 5.41) is 2.80. The van der Waals surface area contributed by atoms with Crippen molar-refractivity contribution >= 4 is 23.1 Å². The highest BCUT2D eigenvalue weighted by atomic mass is 19.4. The number of ketones is 1. The average Bonchev–Trinajstić information content (AvgIpc) is 2.67. The zero-order chi connectivity index (χ0) is 20.6. The molecule has 0 radical (unpaired) electrons. The van der Waals surface area contributed by atoms with Crippen LogP contribution in [0.4, 0.5) is 24.5 Å². The highest BCUT2D eigenvalue weighted by Gasteiger charge is 2.41. The van der Waals surface area contributed by atoms with Gasteiger partial charge in [0.25, 0.3) is 0 Å². The van der Waals surface area contributed by atoms with Gasteiger partial charge in [0.1, 0.15) is 5.78 Å². The van der Waals surface area contributed by atoms with E-state index in [9.17, 15) is 22.8 Å². The molecule has 1 amide bonds. The van der Waals surface area contributed by atoms with Crippen LogP contribution in [0.15, 0.2) is 18.2 Å². The fourth-order valence-electron chi connectivity index (χ4n) is 5.15. The number of nitrogens with one attached hydrogen (secondary N) is 1. The van der Waals surface area contributed by atoms with E-state index in [0.29, 0.717) is 18.5 Å². The smallest absolute Gasteiger partial charge is 0.370 e. The fourth-order valence-corrected chi connectivity index (χ4v) is 5.15. The lowest BCUT2D eigenvalue weighted by atomic mass is 9.67. The van der Waals surface area contributed by atoms with Gasteiger partial charge in [-0.05, 0) is 63.1 Å². The minimum atomic E-state index is -4.46. The SMILES string of the molecule is O=C(Nc1cc(C(F)(F)F)ccc1N1CCCCC1)C1C[C@@H]2CCC[C@@H](C1)C2=O. The number of fused-ring (bicyclic) bond motifs is 2. The van der Waals surface area contributed by atoms with Crippen LogP contribution < -0.4 is 10.2 Å². The molecule has 4 rings (SSSR count). The summed E-state index contributed by atoms with van der Waals surface area (Å²) in [6.45, 7) is 1.55. The number of hydrogen-bond acceptors (Lipinski definition) is 3. The van der Waals surface area contributed by atoms with Gasteiger partial charge < -0.3 is 10.2 Å². The van der Waals surface area contributed by atoms with Crippen LogP contribution in [0.3, 0.4) is 0 Å². The van der Waals surface area contributed by atoms with Crippen molar-refractivity contribution < 1.29 is 22.8 Å². The minimum absolute atomic E-state index is 0.0682. The molecule has 2 bridgehead atoms. The Hall–Kier alpha value is -2.05. The van der Waals surface area contributed by atoms with Crippen LogP contribution in [-0.4, -0.2) is 24.8 Å². The quantitative estimate of drug-likeness (QED) is 0.763. The lowest BCUT2D eigenvalue weighted by molar-refractivity contribution is -0.138. The Labute approximate surface area is 168 Å². The summed E-state index contributed by atoms with van der Waals surface area (Å²) in [5.41, 5.74) is 0.121. The van der Waals surface area contributed by atoms with Gasteiger partial charge in [0.15, 0.2) is 0 Å². The highest BCUT2D eigenvalue weighted by Crippen LogP contribution is 2.41. The number of carbonyl (C=O) groups is 2. The lowest BCUT2D eigenvalue weighted by Crippen LogP contribution is -2.40. The number of Topliss-reactive ketones (excluding diaryl/α,β-unsaturated/α-hetero) is 1. The Morgan fingerprint density at radius 2 is 1.66 bits per heavy atom. The molecule has 1 heterocycles. The van der Waals surface area contributed by atoms with Crippen LogP contribution in [0.2, 0.25) is 0 Å². The predicted octanol–water partition coefficient (Wildman–Crippen LogP) is 5.03. The van der Waals surface area contributed by atoms with Crippen molar-refractivity contribution in [3.8, 4) is 0 Å². The zero-order valence-corrected chi connectivity index (χ0v) is 16.4. The van der Waals surface area contributed by atoms with E-state index in [1.807, 2.05) is 0 Å². The van der Waals surface area contributed by atoms with E-state index in [1.165, 1.54) is 6.07 Å². The van der Waals surface area contributed by atoms with Crippen molar-refractivity contribution in [2.45, 2.75) is 57.5 Å². The third-order valence-electron chi connectivity index (χ3n) is 6.70. The maximum Gasteiger partial charge on any atom is 0.416 e. The van der Waals surface area contributed by atoms with Gasteiger partial charge in [-0.1, -0.05) is 6.42 Å². The first kappa shape index (κ1) is 20.2. The van der Waals surface area contributed by atoms with Crippen LogP contribution in [-0.2, 0) is 15.8 Å². The molecule has 2 aliphatic carbocycles. The molecule has 1 saturated heterocycles. The largest absolute Gasteiger partial charge is 0.416 e. The zero-order valence-electron chi connectivity index (χ0n) is 16.4. The molecule has 1 aromatic carbocycles. The molecular formula is C22H27F3N2O2. The predicted molar refractivity (Wildman–Crippen MR) is 105 cm³/mol. The molecule has 29 heavy (non-hydrogen) atoms. The summed E-state index contributed by atoms with van der Waals surface area (Å²) < 4.78 is 39.8. The number of carbonyl (C=O) groups excluding carboxylic acids is 2. The van der Waals surface area contributed by atoms with Gasteiger partial charge in [0.05, 0.1) is 16.9 Å². The second-order valence-electron chi connectivity index (χ2n) is 8.66. The Bertz CT molecular complexity index is 771. The molecular weight excluding hydrogens is 381 g/mol. The van der Waals surface area contributed by atoms with Crippen molar-refractivity contribution in [3.05, 3.63) is 23.8 Å². The molecule has 7 heteroatoms. The van der Waals surface area contributed by atoms with E-state index in [0.717, 1.165) is 63.7 Å². The molecule has 1 aromatic rings. The standard InChI is InChI=1S/C22H27F3N2O2/c23-22(24,25)17-7-8-19(27-9-2-1-3-10-27)18(13-17)26-21(29)16-11-14-5-4-6-15(12-16)20(14)28/h7-8,13-16H,1-6,9-12H2,(H,26,29)/t14-,15-/m0/s1. The first-order valence-electron chi connectivity index (χ1n) is 10.6. The number of nitrogens with zero attached hydrogens (tertiary/aromatic N) is 1. The van der Waals surface area contributed by atoms with Gasteiger partial charge in [-0.3, -0.25) is 9.59 Å². The minimum Gasteiger partial charge on any atom is -0.370 e. The van der Waals surface area contributed by atoms with Crippen molar-refractivity contribution in [1.29, 1.82) is 0 Å². The van der Waals surface area contributed by atoms with Gasteiger partial charge >= 0.3 is 6.18 Å². The van der Waals surface area contributed by atoms with E-state index in [2.05, 4.69) is 10.2 Å². The maximum atomic E-state index is 13.3. The number of halogens is 3. The van der Waals surface area contributed by atoms with E-state index in [4.69, 9.17) is 0 Å². The molecule has 4 nitrogen and oxygen atoms in total. The van der Waals surface area contributed by atoms with Gasteiger partial charge in [-0.2, -0.15) is 13.2 Å². The number of hydrogen-bond donors (Lipinski definition) is 1. The van der Waals surface area contributed by atoms with E-state index < -0.39 is 11.7 Å². The number of amides is 1. The third-order valence-corrected chi connectivity index (χ3v) is 6.70. The Balaban J connectivity index is 1.57. The first-order valence-corrected chi connectivity index (χ1v) is 10.6. The average molecular weight is 408 g/mol. The van der Waals surface area contributed by atoms with Crippen molar-refractivity contribution in [1.82, 2.24) is 0 Å². The van der Waals surface area contributed by atoms with Crippen LogP contribution in [0.25, 0.3) is 0 Å². The fraction of sp³-hybridized carbons (Fsp3) is 0.636. The molecule has 0 unspecified atom stereocenters. The van der Waals surface area contributed by atoms with Crippen LogP contribution in [0.5, 0.6) is 0 Å². The summed E-state index contributed by atoms with van der Waals surface area (Å²) in [6, 6.07) is 3.61. The molecule has 1 aliphatic heterocycles. The molecule has 158 valence electrons. The van der Waals surface area contributed by atoms with Crippen LogP contribution in [0.1, 0.15) is 56.9 Å². The second-order valence-corrected chi connectivity index (χ2v) is 8.66. The molecule has 1 N–H and O–H groups in total. The summed E-state index contributed by atoms with van der Waals surface area (Å²) >= 11 is 0. The molecule has 3 aliphatic rings. The molecule has 0 aromatic heterocycles. The van der Waals surface area contributed by atoms with Crippen molar-refractivity contribution in [3.63, 3.8) is 0 Å². The number of piperidine rings is 1. The van der Waals surface area contributed by atoms with Gasteiger partial charge in [0, 0.05) is 30.8 Å². The van der Waals surface area contributed by atoms with E-state index in [-0.39, 0.29) is 35.1 Å². The van der Waals surface area contributed by atoms with Gasteiger partial charge in [0.2, 0.25) is 5.91 Å². The molecule has 2 atom stereocenters. The molecule has 2 saturated carbocycles. The van der Waals surface area contributed by atoms with Crippen LogP contribution in [0, 0.1) is 17.8 Å². The summed E-state index contributed by atoms with van der Waals surface area (Å²) in [6.07, 6.45) is 2.31. The monoisotopic (exact) mass is 408 g/mol. The van der Waals surface area contributed by atoms with Crippen molar-refractivity contribution in [2.24, 2.45) is 17.8 Å². The van der Waals surface area contributed by atoms with Crippen molar-refractivity contribution in [2.75, 3.05) is 23.3 Å². The third kappa shape index (κ3) is 4.28. The summed E-state index contributed by atoms with van der Waals surface area (Å²) in [7, 11) is 0. The number of alkyl halides is 3. The van der Waals surface area contributed by atoms with Gasteiger partial charge in [-0.25, -0.2) is 0 Å². The number of rotatable bonds is 3. The van der Waals surface area contributed by atoms with E-state index >= 15 is 0 Å². The second kappa shape index (κ2) is 8.00. The summed E-state index contributed by atoms with van der Waals surface area (Å²) in [4.78, 5) is 27.3. The normalized spacial score (nSPS) is 27.6.